The fraction of sp³-hybridized carbons (Fsp3) is 0.200. The van der Waals surface area contributed by atoms with Crippen molar-refractivity contribution in [3.63, 3.8) is 0 Å². The van der Waals surface area contributed by atoms with E-state index in [1.54, 1.807) is 36.5 Å². The molecule has 0 saturated carbocycles. The van der Waals surface area contributed by atoms with E-state index in [1.807, 2.05) is 13.0 Å². The third kappa shape index (κ3) is 4.84. The summed E-state index contributed by atoms with van der Waals surface area (Å²) >= 11 is 5.45. The number of hydrogen-bond donors (Lipinski definition) is 1. The maximum absolute atomic E-state index is 12.9. The minimum atomic E-state index is -1.03. The fourth-order valence-electron chi connectivity index (χ4n) is 2.60. The highest BCUT2D eigenvalue weighted by Crippen LogP contribution is 2.23. The normalized spacial score (nSPS) is 12.4. The van der Waals surface area contributed by atoms with Gasteiger partial charge in [-0.15, -0.1) is 0 Å². The van der Waals surface area contributed by atoms with Crippen LogP contribution in [0.25, 0.3) is 10.9 Å². The summed E-state index contributed by atoms with van der Waals surface area (Å²) in [6.07, 6.45) is 1.17. The van der Waals surface area contributed by atoms with E-state index >= 15 is 0 Å². The van der Waals surface area contributed by atoms with Crippen LogP contribution in [-0.2, 0) is 11.2 Å². The third-order valence-electron chi connectivity index (χ3n) is 4.12. The zero-order valence-corrected chi connectivity index (χ0v) is 19.3. The van der Waals surface area contributed by atoms with Crippen LogP contribution >= 0.6 is 38.5 Å². The molecule has 0 bridgehead atoms. The van der Waals surface area contributed by atoms with Crippen LogP contribution in [-0.4, -0.2) is 33.1 Å². The Labute approximate surface area is 188 Å². The van der Waals surface area contributed by atoms with Crippen LogP contribution in [0, 0.1) is 3.57 Å². The Hall–Kier alpha value is -2.27. The second-order valence-electron chi connectivity index (χ2n) is 6.19. The average molecular weight is 570 g/mol. The zero-order valence-electron chi connectivity index (χ0n) is 15.6. The van der Waals surface area contributed by atoms with Crippen molar-refractivity contribution in [1.29, 1.82) is 0 Å². The van der Waals surface area contributed by atoms with Gasteiger partial charge in [0.15, 0.2) is 6.10 Å². The van der Waals surface area contributed by atoms with Crippen molar-refractivity contribution in [3.05, 3.63) is 66.2 Å². The Balaban J connectivity index is 1.96. The van der Waals surface area contributed by atoms with Crippen LogP contribution in [0.4, 0.5) is 0 Å². The number of carboxylic acids is 1. The summed E-state index contributed by atoms with van der Waals surface area (Å²) in [5.41, 5.74) is 1.13. The van der Waals surface area contributed by atoms with E-state index in [0.29, 0.717) is 28.9 Å². The molecule has 0 radical (unpaired) electrons. The fourth-order valence-corrected chi connectivity index (χ4v) is 3.63. The molecular formula is C20H17BrIN3O4. The molecule has 1 heterocycles. The van der Waals surface area contributed by atoms with E-state index in [2.05, 4.69) is 48.6 Å². The van der Waals surface area contributed by atoms with E-state index in [4.69, 9.17) is 9.84 Å². The maximum atomic E-state index is 12.9. The lowest BCUT2D eigenvalue weighted by atomic mass is 10.2. The van der Waals surface area contributed by atoms with E-state index in [9.17, 15) is 9.59 Å². The van der Waals surface area contributed by atoms with E-state index in [1.165, 1.54) is 11.6 Å². The molecule has 0 unspecified atom stereocenters. The van der Waals surface area contributed by atoms with Crippen molar-refractivity contribution in [2.24, 2.45) is 5.10 Å². The number of nitrogens with zero attached hydrogens (tertiary/aromatic N) is 3. The molecule has 7 nitrogen and oxygen atoms in total. The van der Waals surface area contributed by atoms with Crippen molar-refractivity contribution in [2.75, 3.05) is 0 Å². The molecule has 0 aliphatic heterocycles. The first-order valence-corrected chi connectivity index (χ1v) is 10.6. The summed E-state index contributed by atoms with van der Waals surface area (Å²) in [6.45, 7) is 3.38. The van der Waals surface area contributed by atoms with Crippen molar-refractivity contribution < 1.29 is 14.6 Å². The van der Waals surface area contributed by atoms with E-state index in [-0.39, 0.29) is 5.56 Å². The number of aliphatic carboxylic acids is 1. The number of ether oxygens (including phenoxy) is 1. The van der Waals surface area contributed by atoms with Gasteiger partial charge in [0.2, 0.25) is 0 Å². The monoisotopic (exact) mass is 569 g/mol. The molecule has 0 fully saturated rings. The number of halogens is 2. The Kier molecular flexibility index (Phi) is 6.68. The van der Waals surface area contributed by atoms with Crippen LogP contribution in [0.5, 0.6) is 5.75 Å². The van der Waals surface area contributed by atoms with Gasteiger partial charge in [0.05, 0.1) is 20.7 Å². The summed E-state index contributed by atoms with van der Waals surface area (Å²) in [7, 11) is 0. The molecule has 150 valence electrons. The molecule has 3 rings (SSSR count). The number of benzene rings is 2. The molecule has 1 aromatic heterocycles. The highest BCUT2D eigenvalue weighted by Gasteiger charge is 2.14. The number of rotatable bonds is 6. The van der Waals surface area contributed by atoms with E-state index < -0.39 is 12.1 Å². The summed E-state index contributed by atoms with van der Waals surface area (Å²) in [5.74, 6) is 0.000595. The molecule has 29 heavy (non-hydrogen) atoms. The maximum Gasteiger partial charge on any atom is 0.344 e. The molecule has 0 saturated heterocycles. The largest absolute Gasteiger partial charge is 0.479 e. The Bertz CT molecular complexity index is 1180. The highest BCUT2D eigenvalue weighted by molar-refractivity contribution is 14.1. The molecule has 9 heteroatoms. The van der Waals surface area contributed by atoms with Gasteiger partial charge in [-0.2, -0.15) is 9.78 Å². The number of aromatic nitrogens is 2. The van der Waals surface area contributed by atoms with Crippen molar-refractivity contribution in [2.45, 2.75) is 26.4 Å². The first kappa shape index (κ1) is 21.4. The van der Waals surface area contributed by atoms with Crippen molar-refractivity contribution in [1.82, 2.24) is 9.66 Å². The quantitative estimate of drug-likeness (QED) is 0.357. The Morgan fingerprint density at radius 2 is 2.14 bits per heavy atom. The predicted molar refractivity (Wildman–Crippen MR) is 123 cm³/mol. The van der Waals surface area contributed by atoms with Gasteiger partial charge in [0.25, 0.3) is 5.56 Å². The van der Waals surface area contributed by atoms with E-state index in [0.717, 1.165) is 13.6 Å². The van der Waals surface area contributed by atoms with Crippen LogP contribution in [0.15, 0.2) is 50.8 Å². The summed E-state index contributed by atoms with van der Waals surface area (Å²) in [4.78, 5) is 28.4. The molecule has 1 N–H and O–H groups in total. The standard InChI is InChI=1S/C20H17BrIN3O4/c1-3-18-24-16-6-5-13(21)9-14(16)19(26)25(18)23-10-12-4-7-17(15(22)8-12)29-11(2)20(27)28/h4-11H,3H2,1-2H3,(H,27,28)/t11-/m0/s1. The number of carbonyl (C=O) groups is 1. The van der Waals surface area contributed by atoms with Crippen molar-refractivity contribution in [3.8, 4) is 5.75 Å². The van der Waals surface area contributed by atoms with Gasteiger partial charge in [0, 0.05) is 10.9 Å². The van der Waals surface area contributed by atoms with Gasteiger partial charge in [-0.1, -0.05) is 22.9 Å². The zero-order chi connectivity index (χ0) is 21.1. The highest BCUT2D eigenvalue weighted by atomic mass is 127. The minimum Gasteiger partial charge on any atom is -0.479 e. The van der Waals surface area contributed by atoms with Crippen LogP contribution in [0.3, 0.4) is 0 Å². The molecule has 1 atom stereocenters. The third-order valence-corrected chi connectivity index (χ3v) is 5.46. The lowest BCUT2D eigenvalue weighted by Crippen LogP contribution is -2.23. The van der Waals surface area contributed by atoms with Gasteiger partial charge >= 0.3 is 5.97 Å². The lowest BCUT2D eigenvalue weighted by Gasteiger charge is -2.12. The Morgan fingerprint density at radius 1 is 1.38 bits per heavy atom. The molecule has 0 aliphatic carbocycles. The SMILES string of the molecule is CCc1nc2ccc(Br)cc2c(=O)n1N=Cc1ccc(O[C@@H](C)C(=O)O)c(I)c1. The molecule has 0 spiro atoms. The summed E-state index contributed by atoms with van der Waals surface area (Å²) in [6, 6.07) is 10.6. The lowest BCUT2D eigenvalue weighted by molar-refractivity contribution is -0.144. The van der Waals surface area contributed by atoms with Crippen LogP contribution in [0.2, 0.25) is 0 Å². The minimum absolute atomic E-state index is 0.241. The summed E-state index contributed by atoms with van der Waals surface area (Å²) < 4.78 is 8.26. The molecule has 0 aliphatic rings. The topological polar surface area (TPSA) is 93.8 Å². The van der Waals surface area contributed by atoms with Crippen LogP contribution in [0.1, 0.15) is 25.2 Å². The number of aryl methyl sites for hydroxylation is 1. The predicted octanol–water partition coefficient (Wildman–Crippen LogP) is 4.06. The van der Waals surface area contributed by atoms with Gasteiger partial charge in [-0.05, 0) is 71.5 Å². The number of carboxylic acid groups (broad SMARTS) is 1. The number of fused-ring (bicyclic) bond motifs is 1. The molecule has 0 amide bonds. The smallest absolute Gasteiger partial charge is 0.344 e. The van der Waals surface area contributed by atoms with Crippen molar-refractivity contribution >= 4 is 61.6 Å². The summed E-state index contributed by atoms with van der Waals surface area (Å²) in [5, 5.41) is 13.8. The second kappa shape index (κ2) is 9.04. The second-order valence-corrected chi connectivity index (χ2v) is 8.27. The molecular weight excluding hydrogens is 553 g/mol. The Morgan fingerprint density at radius 3 is 2.79 bits per heavy atom. The van der Waals surface area contributed by atoms with Gasteiger partial charge in [0.1, 0.15) is 11.6 Å². The first-order chi connectivity index (χ1) is 13.8. The van der Waals surface area contributed by atoms with Gasteiger partial charge < -0.3 is 9.84 Å². The van der Waals surface area contributed by atoms with Gasteiger partial charge in [-0.3, -0.25) is 4.79 Å². The van der Waals surface area contributed by atoms with Gasteiger partial charge in [-0.25, -0.2) is 9.78 Å². The average Bonchev–Trinajstić information content (AvgIpc) is 2.69. The molecule has 3 aromatic rings. The number of hydrogen-bond acceptors (Lipinski definition) is 5. The van der Waals surface area contributed by atoms with Crippen LogP contribution < -0.4 is 10.3 Å². The molecule has 2 aromatic carbocycles. The first-order valence-electron chi connectivity index (χ1n) is 8.74.